The molecule has 1 saturated carbocycles. The monoisotopic (exact) mass is 549 g/mol. The summed E-state index contributed by atoms with van der Waals surface area (Å²) in [5, 5.41) is 3.84. The number of benzene rings is 1. The molecule has 2 aromatic rings. The smallest absolute Gasteiger partial charge is 0.274 e. The number of carbonyl (C=O) groups is 1. The van der Waals surface area contributed by atoms with Crippen molar-refractivity contribution in [2.75, 3.05) is 63.8 Å². The molecule has 1 aromatic heterocycles. The minimum atomic E-state index is -0.0304. The maximum Gasteiger partial charge on any atom is 0.274 e. The minimum absolute atomic E-state index is 0.0304. The van der Waals surface area contributed by atoms with E-state index in [0.717, 1.165) is 76.9 Å². The molecule has 10 heteroatoms. The summed E-state index contributed by atoms with van der Waals surface area (Å²) in [7, 11) is 0. The van der Waals surface area contributed by atoms with Crippen LogP contribution in [0.3, 0.4) is 0 Å². The summed E-state index contributed by atoms with van der Waals surface area (Å²) in [5.74, 6) is 3.13. The Kier molecular flexibility index (Phi) is 7.87. The fourth-order valence-corrected chi connectivity index (χ4v) is 6.92. The molecule has 4 fully saturated rings. The molecule has 3 aliphatic heterocycles. The number of carbonyl (C=O) groups excluding carboxylic acids is 1. The lowest BCUT2D eigenvalue weighted by Gasteiger charge is -2.36. The number of piperazine rings is 1. The van der Waals surface area contributed by atoms with Crippen molar-refractivity contribution in [3.05, 3.63) is 52.7 Å². The molecule has 1 aliphatic carbocycles. The van der Waals surface area contributed by atoms with Crippen LogP contribution in [0.5, 0.6) is 5.75 Å². The summed E-state index contributed by atoms with van der Waals surface area (Å²) in [6.45, 7) is 16.3. The van der Waals surface area contributed by atoms with Crippen LogP contribution >= 0.6 is 11.6 Å². The number of nitrogens with zero attached hydrogens (tertiary/aromatic N) is 6. The van der Waals surface area contributed by atoms with Gasteiger partial charge in [0.1, 0.15) is 17.3 Å². The third-order valence-electron chi connectivity index (χ3n) is 8.86. The van der Waals surface area contributed by atoms with Crippen LogP contribution in [0.1, 0.15) is 36.2 Å². The van der Waals surface area contributed by atoms with Gasteiger partial charge in [-0.15, -0.1) is 0 Å². The number of fused-ring (bicyclic) bond motifs is 1. The van der Waals surface area contributed by atoms with Gasteiger partial charge in [-0.1, -0.05) is 17.7 Å². The Morgan fingerprint density at radius 3 is 2.46 bits per heavy atom. The number of likely N-dealkylation sites (tertiary alicyclic amines) is 1. The van der Waals surface area contributed by atoms with E-state index in [-0.39, 0.29) is 12.0 Å². The second-order valence-electron chi connectivity index (χ2n) is 11.4. The highest BCUT2D eigenvalue weighted by Crippen LogP contribution is 2.41. The molecule has 1 aromatic carbocycles. The Morgan fingerprint density at radius 1 is 1.08 bits per heavy atom. The number of hydrogen-bond donors (Lipinski definition) is 1. The molecule has 9 nitrogen and oxygen atoms in total. The van der Waals surface area contributed by atoms with E-state index in [2.05, 4.69) is 29.9 Å². The van der Waals surface area contributed by atoms with E-state index >= 15 is 0 Å². The maximum atomic E-state index is 13.2. The van der Waals surface area contributed by atoms with E-state index in [1.54, 1.807) is 30.6 Å². The van der Waals surface area contributed by atoms with E-state index in [1.807, 2.05) is 4.90 Å². The second-order valence-corrected chi connectivity index (χ2v) is 11.8. The van der Waals surface area contributed by atoms with Gasteiger partial charge in [-0.2, -0.15) is 0 Å². The predicted molar refractivity (Wildman–Crippen MR) is 151 cm³/mol. The van der Waals surface area contributed by atoms with Gasteiger partial charge in [0.25, 0.3) is 5.91 Å². The third-order valence-corrected chi connectivity index (χ3v) is 9.16. The van der Waals surface area contributed by atoms with Crippen LogP contribution in [0.15, 0.2) is 30.6 Å². The van der Waals surface area contributed by atoms with Crippen molar-refractivity contribution in [1.82, 2.24) is 25.1 Å². The molecule has 1 unspecified atom stereocenters. The van der Waals surface area contributed by atoms with Crippen molar-refractivity contribution >= 4 is 29.0 Å². The summed E-state index contributed by atoms with van der Waals surface area (Å²) in [4.78, 5) is 32.6. The zero-order chi connectivity index (χ0) is 26.8. The number of piperidine rings is 1. The zero-order valence-corrected chi connectivity index (χ0v) is 23.0. The van der Waals surface area contributed by atoms with Gasteiger partial charge in [-0.3, -0.25) is 4.79 Å². The van der Waals surface area contributed by atoms with Crippen LogP contribution < -0.4 is 15.0 Å². The van der Waals surface area contributed by atoms with E-state index in [4.69, 9.17) is 22.9 Å². The number of halogens is 1. The fraction of sp³-hybridized carbons (Fsp3) is 0.586. The van der Waals surface area contributed by atoms with E-state index in [0.29, 0.717) is 34.0 Å². The number of amides is 1. The predicted octanol–water partition coefficient (Wildman–Crippen LogP) is 3.73. The standard InChI is InChI=1S/C29H36ClN7O2/c1-31-26-3-2-23(14-25(26)30)39-24-12-21-18-37(19-22(21)13-24)29(38)27-15-34-28(16-33-27)36-8-4-20(5-9-36)17-35-10-6-32-7-11-35/h2-3,14-16,20-22,24,32H,4-13,17-19H2/t21-,22+,24?. The minimum Gasteiger partial charge on any atom is -0.490 e. The normalized spacial score (nSPS) is 25.9. The van der Waals surface area contributed by atoms with Crippen molar-refractivity contribution < 1.29 is 9.53 Å². The zero-order valence-electron chi connectivity index (χ0n) is 22.3. The second kappa shape index (κ2) is 11.7. The number of hydrogen-bond acceptors (Lipinski definition) is 7. The first kappa shape index (κ1) is 26.3. The van der Waals surface area contributed by atoms with Crippen molar-refractivity contribution in [2.45, 2.75) is 31.8 Å². The summed E-state index contributed by atoms with van der Waals surface area (Å²) >= 11 is 6.16. The molecule has 1 amide bonds. The molecule has 3 saturated heterocycles. The lowest BCUT2D eigenvalue weighted by Crippen LogP contribution is -2.47. The topological polar surface area (TPSA) is 78.2 Å². The van der Waals surface area contributed by atoms with Crippen molar-refractivity contribution in [1.29, 1.82) is 0 Å². The van der Waals surface area contributed by atoms with Gasteiger partial charge in [-0.25, -0.2) is 14.8 Å². The van der Waals surface area contributed by atoms with Gasteiger partial charge in [-0.05, 0) is 55.6 Å². The molecular weight excluding hydrogens is 514 g/mol. The first-order chi connectivity index (χ1) is 19.1. The van der Waals surface area contributed by atoms with Crippen molar-refractivity contribution in [2.24, 2.45) is 17.8 Å². The van der Waals surface area contributed by atoms with E-state index in [9.17, 15) is 4.79 Å². The van der Waals surface area contributed by atoms with Crippen LogP contribution in [0.2, 0.25) is 5.02 Å². The molecule has 39 heavy (non-hydrogen) atoms. The first-order valence-electron chi connectivity index (χ1n) is 14.2. The van der Waals surface area contributed by atoms with Crippen LogP contribution in [0.25, 0.3) is 4.85 Å². The highest BCUT2D eigenvalue weighted by atomic mass is 35.5. The number of anilines is 1. The summed E-state index contributed by atoms with van der Waals surface area (Å²) in [5.41, 5.74) is 0.859. The van der Waals surface area contributed by atoms with Gasteiger partial charge < -0.3 is 24.8 Å². The maximum absolute atomic E-state index is 13.2. The lowest BCUT2D eigenvalue weighted by molar-refractivity contribution is 0.0763. The average molecular weight is 550 g/mol. The Bertz CT molecular complexity index is 1190. The Morgan fingerprint density at radius 2 is 1.82 bits per heavy atom. The molecule has 206 valence electrons. The van der Waals surface area contributed by atoms with Crippen molar-refractivity contribution in [3.8, 4) is 5.75 Å². The van der Waals surface area contributed by atoms with Gasteiger partial charge in [0.2, 0.25) is 5.69 Å². The van der Waals surface area contributed by atoms with Crippen molar-refractivity contribution in [3.63, 3.8) is 0 Å². The largest absolute Gasteiger partial charge is 0.490 e. The number of ether oxygens (including phenoxy) is 1. The van der Waals surface area contributed by atoms with Crippen LogP contribution in [0, 0.1) is 24.3 Å². The molecular formula is C29H36ClN7O2. The highest BCUT2D eigenvalue weighted by Gasteiger charge is 2.43. The van der Waals surface area contributed by atoms with Crippen LogP contribution in [0.4, 0.5) is 11.5 Å². The molecule has 3 atom stereocenters. The summed E-state index contributed by atoms with van der Waals surface area (Å²) in [6.07, 6.45) is 7.69. The van der Waals surface area contributed by atoms with E-state index in [1.165, 1.54) is 19.4 Å². The molecule has 6 rings (SSSR count). The fourth-order valence-electron chi connectivity index (χ4n) is 6.71. The molecule has 0 radical (unpaired) electrons. The van der Waals surface area contributed by atoms with Gasteiger partial charge >= 0.3 is 0 Å². The third kappa shape index (κ3) is 5.98. The number of nitrogens with one attached hydrogen (secondary N) is 1. The first-order valence-corrected chi connectivity index (χ1v) is 14.6. The highest BCUT2D eigenvalue weighted by molar-refractivity contribution is 6.33. The summed E-state index contributed by atoms with van der Waals surface area (Å²) < 4.78 is 6.17. The van der Waals surface area contributed by atoms with Gasteiger partial charge in [0.15, 0.2) is 0 Å². The summed E-state index contributed by atoms with van der Waals surface area (Å²) in [6, 6.07) is 5.22. The Labute approximate surface area is 235 Å². The van der Waals surface area contributed by atoms with E-state index < -0.39 is 0 Å². The van der Waals surface area contributed by atoms with Gasteiger partial charge in [0, 0.05) is 58.9 Å². The SMILES string of the molecule is [C-]#[N+]c1ccc(OC2C[C@@H]3CN(C(=O)c4cnc(N5CCC(CN6CCNCC6)CC5)cn4)C[C@@H]3C2)cc1Cl. The van der Waals surface area contributed by atoms with Crippen LogP contribution in [-0.4, -0.2) is 90.7 Å². The Hall–Kier alpha value is -2.93. The quantitative estimate of drug-likeness (QED) is 0.550. The molecule has 4 heterocycles. The average Bonchev–Trinajstić information content (AvgIpc) is 3.53. The number of aromatic nitrogens is 2. The molecule has 0 spiro atoms. The molecule has 0 bridgehead atoms. The van der Waals surface area contributed by atoms with Gasteiger partial charge in [0.05, 0.1) is 30.1 Å². The molecule has 1 N–H and O–H groups in total. The molecule has 4 aliphatic rings. The lowest BCUT2D eigenvalue weighted by atomic mass is 9.96. The number of rotatable bonds is 6. The Balaban J connectivity index is 0.970. The van der Waals surface area contributed by atoms with Crippen LogP contribution in [-0.2, 0) is 0 Å².